The van der Waals surface area contributed by atoms with Crippen LogP contribution in [0.4, 0.5) is 0 Å². The summed E-state index contributed by atoms with van der Waals surface area (Å²) in [4.78, 5) is 2.27. The van der Waals surface area contributed by atoms with Crippen LogP contribution in [-0.2, 0) is 10.0 Å². The topological polar surface area (TPSA) is 66.6 Å². The van der Waals surface area contributed by atoms with E-state index in [0.717, 1.165) is 26.1 Å². The highest BCUT2D eigenvalue weighted by Gasteiger charge is 2.24. The molecule has 1 saturated heterocycles. The number of piperazine rings is 1. The molecule has 0 aliphatic carbocycles. The van der Waals surface area contributed by atoms with Crippen LogP contribution in [0.25, 0.3) is 0 Å². The Kier molecular flexibility index (Phi) is 4.98. The highest BCUT2D eigenvalue weighted by atomic mass is 32.2. The van der Waals surface area contributed by atoms with Gasteiger partial charge in [0.15, 0.2) is 0 Å². The predicted molar refractivity (Wildman–Crippen MR) is 61.1 cm³/mol. The summed E-state index contributed by atoms with van der Waals surface area (Å²) in [5.74, 6) is 0.204. The molecule has 0 unspecified atom stereocenters. The molecular weight excluding hydrogens is 214 g/mol. The highest BCUT2D eigenvalue weighted by molar-refractivity contribution is 7.89. The minimum Gasteiger partial charge on any atom is -0.330 e. The highest BCUT2D eigenvalue weighted by Crippen LogP contribution is 2.07. The number of rotatable bonds is 5. The normalized spacial score (nSPS) is 20.7. The third-order valence-corrected chi connectivity index (χ3v) is 4.65. The molecule has 2 N–H and O–H groups in total. The molecular formula is C9H21N3O2S. The van der Waals surface area contributed by atoms with E-state index in [-0.39, 0.29) is 5.75 Å². The first-order chi connectivity index (χ1) is 7.10. The smallest absolute Gasteiger partial charge is 0.213 e. The fourth-order valence-corrected chi connectivity index (χ4v) is 2.81. The van der Waals surface area contributed by atoms with Crippen molar-refractivity contribution in [3.8, 4) is 0 Å². The molecule has 6 heteroatoms. The van der Waals surface area contributed by atoms with Crippen LogP contribution in [0.5, 0.6) is 0 Å². The summed E-state index contributed by atoms with van der Waals surface area (Å²) in [6.07, 6.45) is 0.987. The van der Waals surface area contributed by atoms with Gasteiger partial charge < -0.3 is 10.6 Å². The fourth-order valence-electron chi connectivity index (χ4n) is 1.73. The van der Waals surface area contributed by atoms with Crippen LogP contribution >= 0.6 is 0 Å². The molecule has 0 amide bonds. The van der Waals surface area contributed by atoms with Gasteiger partial charge in [0.1, 0.15) is 0 Å². The Labute approximate surface area is 92.3 Å². The number of hydrogen-bond acceptors (Lipinski definition) is 4. The fraction of sp³-hybridized carbons (Fsp3) is 1.00. The van der Waals surface area contributed by atoms with Gasteiger partial charge in [-0.05, 0) is 26.4 Å². The Morgan fingerprint density at radius 1 is 1.20 bits per heavy atom. The molecule has 0 saturated carbocycles. The second kappa shape index (κ2) is 5.79. The minimum absolute atomic E-state index is 0.204. The van der Waals surface area contributed by atoms with Crippen LogP contribution in [0, 0.1) is 0 Å². The molecule has 1 heterocycles. The molecule has 0 atom stereocenters. The van der Waals surface area contributed by atoms with Crippen LogP contribution in [0.1, 0.15) is 13.3 Å². The zero-order valence-electron chi connectivity index (χ0n) is 9.35. The van der Waals surface area contributed by atoms with Crippen molar-refractivity contribution in [1.29, 1.82) is 0 Å². The molecule has 0 spiro atoms. The molecule has 1 fully saturated rings. The van der Waals surface area contributed by atoms with Crippen molar-refractivity contribution in [2.24, 2.45) is 5.73 Å². The van der Waals surface area contributed by atoms with Gasteiger partial charge in [0.2, 0.25) is 10.0 Å². The van der Waals surface area contributed by atoms with Gasteiger partial charge in [-0.1, -0.05) is 0 Å². The zero-order valence-corrected chi connectivity index (χ0v) is 10.2. The first kappa shape index (κ1) is 12.9. The molecule has 1 aliphatic heterocycles. The van der Waals surface area contributed by atoms with Crippen molar-refractivity contribution >= 4 is 10.0 Å². The third kappa shape index (κ3) is 3.71. The summed E-state index contributed by atoms with van der Waals surface area (Å²) in [5, 5.41) is 0. The quantitative estimate of drug-likeness (QED) is 0.684. The Balaban J connectivity index is 2.36. The molecule has 1 rings (SSSR count). The van der Waals surface area contributed by atoms with Gasteiger partial charge in [-0.2, -0.15) is 4.31 Å². The van der Waals surface area contributed by atoms with E-state index in [1.165, 1.54) is 0 Å². The number of nitrogens with zero attached hydrogens (tertiary/aromatic N) is 2. The van der Waals surface area contributed by atoms with E-state index in [9.17, 15) is 8.42 Å². The lowest BCUT2D eigenvalue weighted by Gasteiger charge is -2.33. The molecule has 0 aromatic carbocycles. The number of hydrogen-bond donors (Lipinski definition) is 1. The average molecular weight is 235 g/mol. The number of nitrogens with two attached hydrogens (primary N) is 1. The van der Waals surface area contributed by atoms with E-state index in [0.29, 0.717) is 19.6 Å². The van der Waals surface area contributed by atoms with E-state index in [1.54, 1.807) is 11.2 Å². The van der Waals surface area contributed by atoms with Crippen molar-refractivity contribution in [3.63, 3.8) is 0 Å². The SMILES string of the molecule is CCS(=O)(=O)N1CCN(CCCN)CC1. The maximum Gasteiger partial charge on any atom is 0.213 e. The van der Waals surface area contributed by atoms with E-state index in [4.69, 9.17) is 5.73 Å². The molecule has 0 aromatic heterocycles. The van der Waals surface area contributed by atoms with Gasteiger partial charge in [-0.3, -0.25) is 0 Å². The van der Waals surface area contributed by atoms with Gasteiger partial charge in [0.25, 0.3) is 0 Å². The molecule has 0 aromatic rings. The van der Waals surface area contributed by atoms with Crippen molar-refractivity contribution in [3.05, 3.63) is 0 Å². The Morgan fingerprint density at radius 3 is 2.27 bits per heavy atom. The second-order valence-corrected chi connectivity index (χ2v) is 6.04. The molecule has 15 heavy (non-hydrogen) atoms. The number of sulfonamides is 1. The Hall–Kier alpha value is -0.170. The first-order valence-electron chi connectivity index (χ1n) is 5.50. The van der Waals surface area contributed by atoms with Crippen molar-refractivity contribution < 1.29 is 8.42 Å². The third-order valence-electron chi connectivity index (χ3n) is 2.77. The van der Waals surface area contributed by atoms with Crippen LogP contribution in [0.15, 0.2) is 0 Å². The molecule has 0 radical (unpaired) electrons. The molecule has 90 valence electrons. The average Bonchev–Trinajstić information content (AvgIpc) is 2.27. The van der Waals surface area contributed by atoms with Crippen LogP contribution in [0.2, 0.25) is 0 Å². The largest absolute Gasteiger partial charge is 0.330 e. The van der Waals surface area contributed by atoms with Crippen molar-refractivity contribution in [1.82, 2.24) is 9.21 Å². The molecule has 5 nitrogen and oxygen atoms in total. The summed E-state index contributed by atoms with van der Waals surface area (Å²) >= 11 is 0. The Morgan fingerprint density at radius 2 is 1.80 bits per heavy atom. The summed E-state index contributed by atoms with van der Waals surface area (Å²) in [6, 6.07) is 0. The maximum absolute atomic E-state index is 11.6. The minimum atomic E-state index is -2.98. The molecule has 1 aliphatic rings. The predicted octanol–water partition coefficient (Wildman–Crippen LogP) is -0.697. The summed E-state index contributed by atoms with van der Waals surface area (Å²) in [6.45, 7) is 6.29. The van der Waals surface area contributed by atoms with E-state index in [1.807, 2.05) is 0 Å². The van der Waals surface area contributed by atoms with E-state index >= 15 is 0 Å². The molecule has 0 bridgehead atoms. The van der Waals surface area contributed by atoms with Crippen molar-refractivity contribution in [2.75, 3.05) is 45.0 Å². The van der Waals surface area contributed by atoms with Gasteiger partial charge in [-0.25, -0.2) is 8.42 Å². The maximum atomic E-state index is 11.6. The summed E-state index contributed by atoms with van der Waals surface area (Å²) < 4.78 is 24.7. The van der Waals surface area contributed by atoms with Crippen LogP contribution < -0.4 is 5.73 Å². The zero-order chi connectivity index (χ0) is 11.3. The first-order valence-corrected chi connectivity index (χ1v) is 7.11. The monoisotopic (exact) mass is 235 g/mol. The lowest BCUT2D eigenvalue weighted by Crippen LogP contribution is -2.49. The summed E-state index contributed by atoms with van der Waals surface area (Å²) in [7, 11) is -2.98. The van der Waals surface area contributed by atoms with Crippen LogP contribution in [0.3, 0.4) is 0 Å². The van der Waals surface area contributed by atoms with E-state index < -0.39 is 10.0 Å². The van der Waals surface area contributed by atoms with Crippen molar-refractivity contribution in [2.45, 2.75) is 13.3 Å². The van der Waals surface area contributed by atoms with Gasteiger partial charge in [-0.15, -0.1) is 0 Å². The van der Waals surface area contributed by atoms with E-state index in [2.05, 4.69) is 4.90 Å². The second-order valence-electron chi connectivity index (χ2n) is 3.78. The van der Waals surface area contributed by atoms with Gasteiger partial charge in [0, 0.05) is 26.2 Å². The van der Waals surface area contributed by atoms with Crippen LogP contribution in [-0.4, -0.2) is 62.6 Å². The van der Waals surface area contributed by atoms with Gasteiger partial charge in [0.05, 0.1) is 5.75 Å². The van der Waals surface area contributed by atoms with Gasteiger partial charge >= 0.3 is 0 Å². The lowest BCUT2D eigenvalue weighted by atomic mass is 10.3. The summed E-state index contributed by atoms with van der Waals surface area (Å²) in [5.41, 5.74) is 5.43. The standard InChI is InChI=1S/C9H21N3O2S/c1-2-15(13,14)12-8-6-11(7-9-12)5-3-4-10/h2-10H2,1H3. The lowest BCUT2D eigenvalue weighted by molar-refractivity contribution is 0.187. The Bertz CT molecular complexity index is 271.